The monoisotopic (exact) mass is 1240 g/mol. The molecule has 1 unspecified atom stereocenters. The van der Waals surface area contributed by atoms with Crippen molar-refractivity contribution in [3.63, 3.8) is 0 Å². The first-order valence-corrected chi connectivity index (χ1v) is 29.7. The zero-order valence-corrected chi connectivity index (χ0v) is 50.3. The van der Waals surface area contributed by atoms with Gasteiger partial charge in [-0.1, -0.05) is 67.2 Å². The largest absolute Gasteiger partial charge is 0.480 e. The first-order chi connectivity index (χ1) is 42.0. The molecule has 16 N–H and O–H groups in total. The Morgan fingerprint density at radius 2 is 1.19 bits per heavy atom. The summed E-state index contributed by atoms with van der Waals surface area (Å²) in [5.74, 6) is -5.34. The second-order valence-electron chi connectivity index (χ2n) is 21.9. The van der Waals surface area contributed by atoms with Gasteiger partial charge >= 0.3 is 18.0 Å². The topological polar surface area (TPSA) is 416 Å². The number of carbonyl (C=O) groups excluding carboxylic acids is 7. The molecule has 1 aliphatic heterocycles. The van der Waals surface area contributed by atoms with E-state index < -0.39 is 60.0 Å². The predicted octanol–water partition coefficient (Wildman–Crippen LogP) is 0.424. The number of fused-ring (bicyclic) bond motifs is 1. The molecule has 0 radical (unpaired) electrons. The zero-order chi connectivity index (χ0) is 64.1. The summed E-state index contributed by atoms with van der Waals surface area (Å²) in [7, 11) is 0. The number of nitrogens with one attached hydrogen (secondary N) is 4. The number of nitrogens with zero attached hydrogens (tertiary/aromatic N) is 6. The molecule has 5 rings (SSSR count). The number of hydrogen-bond acceptors (Lipinski definition) is 17. The molecule has 0 saturated carbocycles. The van der Waals surface area contributed by atoms with E-state index in [2.05, 4.69) is 26.3 Å². The number of aliphatic carboxylic acids is 2. The van der Waals surface area contributed by atoms with Crippen LogP contribution in [-0.4, -0.2) is 211 Å². The summed E-state index contributed by atoms with van der Waals surface area (Å²) in [4.78, 5) is 126. The van der Waals surface area contributed by atoms with Crippen LogP contribution in [0.5, 0.6) is 0 Å². The minimum absolute atomic E-state index is 0.0202. The van der Waals surface area contributed by atoms with E-state index in [0.717, 1.165) is 40.4 Å². The van der Waals surface area contributed by atoms with E-state index in [1.54, 1.807) is 35.4 Å². The van der Waals surface area contributed by atoms with Gasteiger partial charge in [-0.05, 0) is 98.2 Å². The van der Waals surface area contributed by atoms with Crippen molar-refractivity contribution in [1.82, 2.24) is 45.4 Å². The van der Waals surface area contributed by atoms with Crippen LogP contribution in [0.4, 0.5) is 10.5 Å². The average Bonchev–Trinajstić information content (AvgIpc) is 3.07. The van der Waals surface area contributed by atoms with Gasteiger partial charge in [-0.25, -0.2) is 14.4 Å². The summed E-state index contributed by atoms with van der Waals surface area (Å²) in [6.45, 7) is 2.97. The van der Waals surface area contributed by atoms with Crippen LogP contribution in [-0.2, 0) is 53.1 Å². The van der Waals surface area contributed by atoms with Crippen LogP contribution in [0.2, 0.25) is 0 Å². The summed E-state index contributed by atoms with van der Waals surface area (Å²) in [5.41, 5.74) is 26.1. The maximum absolute atomic E-state index is 14.2. The van der Waals surface area contributed by atoms with Gasteiger partial charge in [-0.2, -0.15) is 0 Å². The number of hydrogen-bond donors (Lipinski definition) is 12. The molecule has 2 heterocycles. The molecule has 4 aromatic rings. The van der Waals surface area contributed by atoms with Gasteiger partial charge in [0.25, 0.3) is 5.91 Å². The highest BCUT2D eigenvalue weighted by atomic mass is 32.1. The number of urea groups is 1. The van der Waals surface area contributed by atoms with Crippen LogP contribution in [0.25, 0.3) is 10.8 Å². The highest BCUT2D eigenvalue weighted by Crippen LogP contribution is 2.21. The second-order valence-corrected chi connectivity index (χ2v) is 22.4. The van der Waals surface area contributed by atoms with Crippen molar-refractivity contribution in [2.75, 3.05) is 83.9 Å². The molecular formula is C60H84N14O13S. The van der Waals surface area contributed by atoms with Gasteiger partial charge in [0, 0.05) is 101 Å². The molecule has 0 aliphatic carbocycles. The Kier molecular flexibility index (Phi) is 29.5. The third-order valence-electron chi connectivity index (χ3n) is 14.8. The van der Waals surface area contributed by atoms with Gasteiger partial charge in [-0.15, -0.1) is 0 Å². The lowest BCUT2D eigenvalue weighted by Crippen LogP contribution is -2.54. The van der Waals surface area contributed by atoms with Crippen molar-refractivity contribution >= 4 is 87.1 Å². The number of unbranched alkanes of at least 4 members (excludes halogenated alkanes) is 3. The first-order valence-electron chi connectivity index (χ1n) is 29.3. The summed E-state index contributed by atoms with van der Waals surface area (Å²) >= 11 is 5.68. The Hall–Kier alpha value is -8.25. The number of thiocarbonyl (C=S) groups is 1. The van der Waals surface area contributed by atoms with Crippen molar-refractivity contribution in [3.8, 4) is 0 Å². The minimum Gasteiger partial charge on any atom is -0.480 e. The van der Waals surface area contributed by atoms with Gasteiger partial charge < -0.3 is 69.5 Å². The fraction of sp³-hybridized carbons (Fsp3) is 0.483. The third-order valence-corrected chi connectivity index (χ3v) is 15.1. The fourth-order valence-corrected chi connectivity index (χ4v) is 10.5. The van der Waals surface area contributed by atoms with Gasteiger partial charge in [0.2, 0.25) is 29.5 Å². The summed E-state index contributed by atoms with van der Waals surface area (Å²) in [6.07, 6.45) is 3.26. The predicted molar refractivity (Wildman–Crippen MR) is 332 cm³/mol. The Bertz CT molecular complexity index is 2990. The molecule has 1 fully saturated rings. The zero-order valence-electron chi connectivity index (χ0n) is 49.4. The number of rotatable bonds is 34. The molecule has 1 aromatic heterocycles. The molecule has 3 aromatic carbocycles. The van der Waals surface area contributed by atoms with Crippen molar-refractivity contribution < 1.29 is 63.6 Å². The number of anilines is 1. The number of nitrogens with two attached hydrogens (primary N) is 4. The van der Waals surface area contributed by atoms with Crippen molar-refractivity contribution in [1.29, 1.82) is 0 Å². The van der Waals surface area contributed by atoms with Crippen LogP contribution < -0.4 is 44.2 Å². The molecule has 8 amide bonds. The minimum atomic E-state index is -1.79. The first kappa shape index (κ1) is 70.5. The molecule has 0 spiro atoms. The van der Waals surface area contributed by atoms with Crippen LogP contribution in [0.3, 0.4) is 0 Å². The maximum atomic E-state index is 14.2. The lowest BCUT2D eigenvalue weighted by atomic mass is 10.0. The maximum Gasteiger partial charge on any atom is 0.326 e. The van der Waals surface area contributed by atoms with Crippen LogP contribution in [0.15, 0.2) is 85.1 Å². The fourth-order valence-electron chi connectivity index (χ4n) is 10.3. The third kappa shape index (κ3) is 26.0. The van der Waals surface area contributed by atoms with E-state index in [4.69, 9.17) is 45.4 Å². The molecule has 88 heavy (non-hydrogen) atoms. The Labute approximate surface area is 516 Å². The smallest absolute Gasteiger partial charge is 0.326 e. The number of carboxylic acid groups (broad SMARTS) is 2. The number of carboxylic acids is 2. The van der Waals surface area contributed by atoms with E-state index in [0.29, 0.717) is 94.2 Å². The van der Waals surface area contributed by atoms with E-state index in [1.807, 2.05) is 74.2 Å². The Morgan fingerprint density at radius 1 is 0.625 bits per heavy atom. The number of pyridine rings is 1. The lowest BCUT2D eigenvalue weighted by Gasteiger charge is -2.38. The standard InChI is InChI=1S/C60H84N14O13S/c61-50(75)36-70-26-27-71(37-51(62)76)30-31-73(39-53(64)78)45(34-72(29-28-70)38-52(63)77)32-40-15-19-44(20-16-40)67-55(88)12-3-1-2-11-54(79)66-33-41-13-17-43(18-14-41)57(82)74(35-49-46-9-5-4-8-42(46)23-24-65-49)25-7-6-10-47(58(83)84)68-60(87)69-48(59(85)86)21-22-56(80)81/h4-5,8-9,13-20,23-24,45,47-48,56,80-81H,1-3,6-7,10-12,21-22,25-39H2,(H2,61,75)(H2,62,76)(H2,63,77)(H2,64,78)(H,66,79)(H,67,88)(H,83,84)(H,85,86)(H2,68,69,87)/t45?,47-,48-/m1/s1. The molecule has 28 heteroatoms. The number of aliphatic hydroxyl groups is 2. The van der Waals surface area contributed by atoms with Gasteiger partial charge in [-0.3, -0.25) is 53.4 Å². The number of benzene rings is 3. The SMILES string of the molecule is NC(=O)CN1CCN(CC(N)=O)CCN(CC(N)=O)C(Cc2ccc(NC(=S)CCCCCC(=O)NCc3ccc(C(=O)N(CCCC[C@@H](NC(=O)N[C@H](CCC(O)O)C(=O)O)C(=O)O)Cc4nccc5ccccc45)cc3)cc2)CN(CC(N)=O)CC1. The number of amides is 8. The summed E-state index contributed by atoms with van der Waals surface area (Å²) < 4.78 is 0. The van der Waals surface area contributed by atoms with Crippen molar-refractivity contribution in [2.45, 2.75) is 108 Å². The van der Waals surface area contributed by atoms with Gasteiger partial charge in [0.1, 0.15) is 12.1 Å². The van der Waals surface area contributed by atoms with Crippen LogP contribution >= 0.6 is 12.2 Å². The van der Waals surface area contributed by atoms with E-state index in [1.165, 1.54) is 0 Å². The van der Waals surface area contributed by atoms with E-state index >= 15 is 0 Å². The highest BCUT2D eigenvalue weighted by Gasteiger charge is 2.29. The number of primary amides is 4. The molecule has 1 saturated heterocycles. The molecule has 1 aliphatic rings. The van der Waals surface area contributed by atoms with Crippen molar-refractivity contribution in [2.24, 2.45) is 22.9 Å². The molecule has 3 atom stereocenters. The van der Waals surface area contributed by atoms with E-state index in [-0.39, 0.29) is 89.4 Å². The second kappa shape index (κ2) is 36.8. The quantitative estimate of drug-likeness (QED) is 0.0171. The van der Waals surface area contributed by atoms with E-state index in [9.17, 15) is 53.4 Å². The Morgan fingerprint density at radius 3 is 1.81 bits per heavy atom. The molecule has 0 bridgehead atoms. The average molecular weight is 1240 g/mol. The Balaban J connectivity index is 1.09. The number of aromatic nitrogens is 1. The molecule has 27 nitrogen and oxygen atoms in total. The van der Waals surface area contributed by atoms with Crippen LogP contribution in [0.1, 0.15) is 91.4 Å². The summed E-state index contributed by atoms with van der Waals surface area (Å²) in [6, 6.07) is 19.8. The van der Waals surface area contributed by atoms with Crippen molar-refractivity contribution in [3.05, 3.63) is 107 Å². The van der Waals surface area contributed by atoms with Gasteiger partial charge in [0.15, 0.2) is 6.29 Å². The lowest BCUT2D eigenvalue weighted by molar-refractivity contribution is -0.140. The van der Waals surface area contributed by atoms with Gasteiger partial charge in [0.05, 0.1) is 43.4 Å². The molecular weight excluding hydrogens is 1160 g/mol. The summed E-state index contributed by atoms with van der Waals surface area (Å²) in [5, 5.41) is 50.0. The van der Waals surface area contributed by atoms with Crippen LogP contribution in [0, 0.1) is 0 Å². The number of aliphatic hydroxyl groups excluding tert-OH is 1. The molecule has 478 valence electrons. The number of carbonyl (C=O) groups is 9. The normalized spacial score (nSPS) is 15.4. The highest BCUT2D eigenvalue weighted by molar-refractivity contribution is 7.80.